The van der Waals surface area contributed by atoms with Crippen molar-refractivity contribution in [3.05, 3.63) is 35.9 Å². The van der Waals surface area contributed by atoms with E-state index in [1.54, 1.807) is 0 Å². The molecule has 0 saturated carbocycles. The Morgan fingerprint density at radius 1 is 1.33 bits per heavy atom. The minimum absolute atomic E-state index is 0.118. The minimum Gasteiger partial charge on any atom is -0.305 e. The molecule has 0 radical (unpaired) electrons. The first-order valence-corrected chi connectivity index (χ1v) is 8.06. The molecule has 1 N–H and O–H groups in total. The van der Waals surface area contributed by atoms with Gasteiger partial charge in [0.2, 0.25) is 0 Å². The molecule has 2 aliphatic rings. The Morgan fingerprint density at radius 2 is 2.17 bits per heavy atom. The molecule has 18 heavy (non-hydrogen) atoms. The highest BCUT2D eigenvalue weighted by Gasteiger charge is 2.35. The van der Waals surface area contributed by atoms with Crippen molar-refractivity contribution in [1.82, 2.24) is 10.2 Å². The van der Waals surface area contributed by atoms with Crippen LogP contribution in [-0.4, -0.2) is 42.1 Å². The van der Waals surface area contributed by atoms with E-state index in [1.165, 1.54) is 30.0 Å². The van der Waals surface area contributed by atoms with Crippen molar-refractivity contribution in [3.8, 4) is 0 Å². The number of nitrogens with one attached hydrogen (secondary N) is 1. The third-order valence-corrected chi connectivity index (χ3v) is 5.41. The minimum atomic E-state index is 0.118. The maximum absolute atomic E-state index is 3.72. The van der Waals surface area contributed by atoms with E-state index in [0.717, 1.165) is 19.1 Å². The molecule has 2 unspecified atom stereocenters. The maximum atomic E-state index is 3.72. The first-order chi connectivity index (χ1) is 8.78. The van der Waals surface area contributed by atoms with E-state index in [1.807, 2.05) is 0 Å². The average Bonchev–Trinajstić information content (AvgIpc) is 2.94. The maximum Gasteiger partial charge on any atom is 0.0535 e. The standard InChI is InChI=1S/C15H22N2S/c1-15(13-5-3-2-4-6-13)12-17(9-8-16-15)14-7-10-18-11-14/h2-6,14,16H,7-12H2,1H3. The number of nitrogens with zero attached hydrogens (tertiary/aromatic N) is 1. The number of piperazine rings is 1. The smallest absolute Gasteiger partial charge is 0.0535 e. The van der Waals surface area contributed by atoms with Gasteiger partial charge in [-0.15, -0.1) is 0 Å². The molecule has 3 rings (SSSR count). The predicted molar refractivity (Wildman–Crippen MR) is 79.1 cm³/mol. The third-order valence-electron chi connectivity index (χ3n) is 4.27. The molecule has 0 spiro atoms. The van der Waals surface area contributed by atoms with Crippen LogP contribution in [0.1, 0.15) is 18.9 Å². The van der Waals surface area contributed by atoms with Crippen molar-refractivity contribution in [2.24, 2.45) is 0 Å². The predicted octanol–water partition coefficient (Wildman–Crippen LogP) is 2.31. The summed E-state index contributed by atoms with van der Waals surface area (Å²) in [5.41, 5.74) is 1.53. The van der Waals surface area contributed by atoms with Gasteiger partial charge in [-0.2, -0.15) is 11.8 Å². The van der Waals surface area contributed by atoms with Gasteiger partial charge in [-0.25, -0.2) is 0 Å². The summed E-state index contributed by atoms with van der Waals surface area (Å²) >= 11 is 2.11. The van der Waals surface area contributed by atoms with Crippen LogP contribution in [0.3, 0.4) is 0 Å². The molecule has 98 valence electrons. The van der Waals surface area contributed by atoms with Crippen molar-refractivity contribution in [3.63, 3.8) is 0 Å². The van der Waals surface area contributed by atoms with Crippen LogP contribution in [0.25, 0.3) is 0 Å². The van der Waals surface area contributed by atoms with E-state index in [2.05, 4.69) is 59.2 Å². The molecule has 2 heterocycles. The van der Waals surface area contributed by atoms with Gasteiger partial charge in [0, 0.05) is 31.4 Å². The molecule has 3 heteroatoms. The largest absolute Gasteiger partial charge is 0.305 e. The summed E-state index contributed by atoms with van der Waals surface area (Å²) in [6, 6.07) is 11.7. The Labute approximate surface area is 114 Å². The van der Waals surface area contributed by atoms with E-state index < -0.39 is 0 Å². The monoisotopic (exact) mass is 262 g/mol. The van der Waals surface area contributed by atoms with Crippen LogP contribution in [0, 0.1) is 0 Å². The SMILES string of the molecule is CC1(c2ccccc2)CN(C2CCSC2)CCN1. The molecule has 0 aromatic heterocycles. The number of hydrogen-bond acceptors (Lipinski definition) is 3. The molecule has 1 aromatic rings. The summed E-state index contributed by atoms with van der Waals surface area (Å²) in [6.45, 7) is 5.79. The van der Waals surface area contributed by atoms with Gasteiger partial charge in [0.1, 0.15) is 0 Å². The molecule has 0 amide bonds. The first kappa shape index (κ1) is 12.5. The number of benzene rings is 1. The fourth-order valence-corrected chi connectivity index (χ4v) is 4.39. The van der Waals surface area contributed by atoms with Gasteiger partial charge in [0.05, 0.1) is 5.54 Å². The van der Waals surface area contributed by atoms with Crippen LogP contribution < -0.4 is 5.32 Å². The van der Waals surface area contributed by atoms with Gasteiger partial charge in [0.25, 0.3) is 0 Å². The lowest BCUT2D eigenvalue weighted by Gasteiger charge is -2.44. The second-order valence-electron chi connectivity index (χ2n) is 5.61. The third kappa shape index (κ3) is 2.44. The van der Waals surface area contributed by atoms with Crippen LogP contribution in [0.15, 0.2) is 30.3 Å². The molecule has 2 saturated heterocycles. The first-order valence-electron chi connectivity index (χ1n) is 6.90. The molecule has 0 aliphatic carbocycles. The fourth-order valence-electron chi connectivity index (χ4n) is 3.14. The Bertz CT molecular complexity index is 389. The Morgan fingerprint density at radius 3 is 2.89 bits per heavy atom. The second-order valence-corrected chi connectivity index (χ2v) is 6.76. The molecular formula is C15H22N2S. The zero-order valence-electron chi connectivity index (χ0n) is 11.1. The Balaban J connectivity index is 1.76. The molecule has 0 bridgehead atoms. The topological polar surface area (TPSA) is 15.3 Å². The summed E-state index contributed by atoms with van der Waals surface area (Å²) in [6.07, 6.45) is 1.37. The van der Waals surface area contributed by atoms with Crippen LogP contribution >= 0.6 is 11.8 Å². The Hall–Kier alpha value is -0.510. The van der Waals surface area contributed by atoms with Crippen LogP contribution in [0.5, 0.6) is 0 Å². The average molecular weight is 262 g/mol. The summed E-state index contributed by atoms with van der Waals surface area (Å²) in [5, 5.41) is 3.72. The van der Waals surface area contributed by atoms with Crippen molar-refractivity contribution in [2.75, 3.05) is 31.1 Å². The zero-order chi connectivity index (χ0) is 12.4. The van der Waals surface area contributed by atoms with Crippen molar-refractivity contribution >= 4 is 11.8 Å². The molecule has 1 aromatic carbocycles. The second kappa shape index (κ2) is 5.24. The van der Waals surface area contributed by atoms with Crippen LogP contribution in [0.2, 0.25) is 0 Å². The molecule has 2 fully saturated rings. The zero-order valence-corrected chi connectivity index (χ0v) is 11.9. The summed E-state index contributed by atoms with van der Waals surface area (Å²) in [7, 11) is 0. The van der Waals surface area contributed by atoms with Crippen molar-refractivity contribution in [1.29, 1.82) is 0 Å². The quantitative estimate of drug-likeness (QED) is 0.880. The lowest BCUT2D eigenvalue weighted by atomic mass is 9.89. The normalized spacial score (nSPS) is 33.7. The van der Waals surface area contributed by atoms with Crippen LogP contribution in [0.4, 0.5) is 0 Å². The van der Waals surface area contributed by atoms with Gasteiger partial charge in [-0.05, 0) is 24.7 Å². The highest BCUT2D eigenvalue weighted by atomic mass is 32.2. The number of thioether (sulfide) groups is 1. The van der Waals surface area contributed by atoms with Crippen molar-refractivity contribution in [2.45, 2.75) is 24.9 Å². The van der Waals surface area contributed by atoms with Gasteiger partial charge in [-0.3, -0.25) is 4.90 Å². The van der Waals surface area contributed by atoms with E-state index >= 15 is 0 Å². The van der Waals surface area contributed by atoms with Gasteiger partial charge in [-0.1, -0.05) is 30.3 Å². The van der Waals surface area contributed by atoms with Crippen molar-refractivity contribution < 1.29 is 0 Å². The molecule has 2 atom stereocenters. The Kier molecular flexibility index (Phi) is 3.64. The summed E-state index contributed by atoms with van der Waals surface area (Å²) in [4.78, 5) is 2.70. The van der Waals surface area contributed by atoms with Gasteiger partial charge >= 0.3 is 0 Å². The fraction of sp³-hybridized carbons (Fsp3) is 0.600. The van der Waals surface area contributed by atoms with Gasteiger partial charge < -0.3 is 5.32 Å². The van der Waals surface area contributed by atoms with E-state index in [0.29, 0.717) is 0 Å². The van der Waals surface area contributed by atoms with Crippen LogP contribution in [-0.2, 0) is 5.54 Å². The van der Waals surface area contributed by atoms with E-state index in [-0.39, 0.29) is 5.54 Å². The van der Waals surface area contributed by atoms with E-state index in [9.17, 15) is 0 Å². The molecule has 2 aliphatic heterocycles. The highest BCUT2D eigenvalue weighted by molar-refractivity contribution is 7.99. The summed E-state index contributed by atoms with van der Waals surface area (Å²) < 4.78 is 0. The lowest BCUT2D eigenvalue weighted by molar-refractivity contribution is 0.109. The van der Waals surface area contributed by atoms with E-state index in [4.69, 9.17) is 0 Å². The molecular weight excluding hydrogens is 240 g/mol. The summed E-state index contributed by atoms with van der Waals surface area (Å²) in [5.74, 6) is 2.67. The highest BCUT2D eigenvalue weighted by Crippen LogP contribution is 2.29. The lowest BCUT2D eigenvalue weighted by Crippen LogP contribution is -2.59. The number of rotatable bonds is 2. The van der Waals surface area contributed by atoms with Gasteiger partial charge in [0.15, 0.2) is 0 Å². The molecule has 2 nitrogen and oxygen atoms in total. The number of hydrogen-bond donors (Lipinski definition) is 1.